The number of carbonyl (C=O) groups is 1. The van der Waals surface area contributed by atoms with E-state index in [1.165, 1.54) is 7.11 Å². The first-order valence-corrected chi connectivity index (χ1v) is 5.58. The molecular weight excluding hydrogens is 192 g/mol. The fourth-order valence-electron chi connectivity index (χ4n) is 3.78. The molecule has 0 aromatic rings. The van der Waals surface area contributed by atoms with E-state index in [1.807, 2.05) is 0 Å². The molecule has 0 aliphatic heterocycles. The van der Waals surface area contributed by atoms with E-state index in [0.29, 0.717) is 6.42 Å². The maximum absolute atomic E-state index is 12.0. The van der Waals surface area contributed by atoms with Gasteiger partial charge < -0.3 is 9.84 Å². The van der Waals surface area contributed by atoms with Crippen molar-refractivity contribution >= 4 is 5.97 Å². The molecular formula is C12H20O3. The molecule has 2 aliphatic carbocycles. The Morgan fingerprint density at radius 1 is 1.33 bits per heavy atom. The van der Waals surface area contributed by atoms with E-state index in [1.54, 1.807) is 0 Å². The van der Waals surface area contributed by atoms with Gasteiger partial charge in [-0.3, -0.25) is 4.79 Å². The number of fused-ring (bicyclic) bond motifs is 2. The number of ether oxygens (including phenoxy) is 1. The highest BCUT2D eigenvalue weighted by molar-refractivity contribution is 5.79. The molecule has 0 spiro atoms. The van der Waals surface area contributed by atoms with Crippen LogP contribution in [0, 0.1) is 16.2 Å². The molecule has 0 unspecified atom stereocenters. The van der Waals surface area contributed by atoms with Crippen molar-refractivity contribution in [1.82, 2.24) is 0 Å². The van der Waals surface area contributed by atoms with Gasteiger partial charge in [0.15, 0.2) is 0 Å². The van der Waals surface area contributed by atoms with Gasteiger partial charge in [0.25, 0.3) is 0 Å². The van der Waals surface area contributed by atoms with Gasteiger partial charge in [0.2, 0.25) is 0 Å². The van der Waals surface area contributed by atoms with Crippen LogP contribution < -0.4 is 0 Å². The van der Waals surface area contributed by atoms with E-state index >= 15 is 0 Å². The zero-order valence-electron chi connectivity index (χ0n) is 9.96. The van der Waals surface area contributed by atoms with Crippen molar-refractivity contribution in [2.24, 2.45) is 16.2 Å². The molecule has 0 aromatic heterocycles. The van der Waals surface area contributed by atoms with Crippen LogP contribution in [0.15, 0.2) is 0 Å². The molecule has 2 fully saturated rings. The van der Waals surface area contributed by atoms with Gasteiger partial charge in [-0.15, -0.1) is 0 Å². The van der Waals surface area contributed by atoms with Crippen molar-refractivity contribution in [1.29, 1.82) is 0 Å². The molecule has 2 rings (SSSR count). The van der Waals surface area contributed by atoms with Gasteiger partial charge >= 0.3 is 5.97 Å². The largest absolute Gasteiger partial charge is 0.469 e. The molecule has 3 nitrogen and oxygen atoms in total. The predicted molar refractivity (Wildman–Crippen MR) is 56.2 cm³/mol. The number of hydrogen-bond acceptors (Lipinski definition) is 3. The molecule has 0 heterocycles. The van der Waals surface area contributed by atoms with Crippen molar-refractivity contribution in [3.8, 4) is 0 Å². The summed E-state index contributed by atoms with van der Waals surface area (Å²) >= 11 is 0. The van der Waals surface area contributed by atoms with Crippen molar-refractivity contribution in [2.75, 3.05) is 7.11 Å². The summed E-state index contributed by atoms with van der Waals surface area (Å²) in [5.41, 5.74) is -0.774. The van der Waals surface area contributed by atoms with Crippen molar-refractivity contribution in [2.45, 2.75) is 46.1 Å². The zero-order valence-corrected chi connectivity index (χ0v) is 9.96. The number of carbonyl (C=O) groups excluding carboxylic acids is 1. The monoisotopic (exact) mass is 212 g/mol. The quantitative estimate of drug-likeness (QED) is 0.673. The standard InChI is InChI=1S/C12H20O3/c1-10(2)11(3)5-6-12(10,7-8(11)13)9(14)15-4/h8,13H,5-7H2,1-4H3/t8-,11+,12-/m1/s1. The Bertz CT molecular complexity index is 310. The number of aliphatic hydroxyl groups excluding tert-OH is 1. The van der Waals surface area contributed by atoms with Crippen molar-refractivity contribution in [3.05, 3.63) is 0 Å². The average Bonchev–Trinajstić information content (AvgIpc) is 2.47. The fraction of sp³-hybridized carbons (Fsp3) is 0.917. The first kappa shape index (κ1) is 10.9. The highest BCUT2D eigenvalue weighted by atomic mass is 16.5. The van der Waals surface area contributed by atoms with Crippen molar-refractivity contribution in [3.63, 3.8) is 0 Å². The van der Waals surface area contributed by atoms with Crippen LogP contribution in [0.4, 0.5) is 0 Å². The van der Waals surface area contributed by atoms with Crippen molar-refractivity contribution < 1.29 is 14.6 Å². The molecule has 0 aromatic carbocycles. The first-order valence-electron chi connectivity index (χ1n) is 5.58. The maximum Gasteiger partial charge on any atom is 0.312 e. The van der Waals surface area contributed by atoms with E-state index in [9.17, 15) is 9.90 Å². The summed E-state index contributed by atoms with van der Waals surface area (Å²) in [5.74, 6) is -0.146. The van der Waals surface area contributed by atoms with Gasteiger partial charge in [0.1, 0.15) is 0 Å². The molecule has 0 radical (unpaired) electrons. The predicted octanol–water partition coefficient (Wildman–Crippen LogP) is 1.74. The second-order valence-corrected chi connectivity index (χ2v) is 5.84. The second-order valence-electron chi connectivity index (χ2n) is 5.84. The van der Waals surface area contributed by atoms with E-state index in [2.05, 4.69) is 20.8 Å². The zero-order chi connectivity index (χ0) is 11.5. The summed E-state index contributed by atoms with van der Waals surface area (Å²) in [5, 5.41) is 10.1. The van der Waals surface area contributed by atoms with Gasteiger partial charge in [-0.1, -0.05) is 20.8 Å². The Labute approximate surface area is 90.8 Å². The molecule has 1 N–H and O–H groups in total. The van der Waals surface area contributed by atoms with Crippen LogP contribution in [0.1, 0.15) is 40.0 Å². The third kappa shape index (κ3) is 0.930. The van der Waals surface area contributed by atoms with E-state index in [0.717, 1.165) is 12.8 Å². The summed E-state index contributed by atoms with van der Waals surface area (Å²) in [7, 11) is 1.44. The minimum absolute atomic E-state index is 0.138. The molecule has 3 atom stereocenters. The van der Waals surface area contributed by atoms with Crippen LogP contribution in [0.25, 0.3) is 0 Å². The molecule has 86 valence electrons. The number of aliphatic hydroxyl groups is 1. The number of methoxy groups -OCH3 is 1. The van der Waals surface area contributed by atoms with Gasteiger partial charge in [-0.2, -0.15) is 0 Å². The third-order valence-corrected chi connectivity index (χ3v) is 5.55. The summed E-state index contributed by atoms with van der Waals surface area (Å²) in [6.07, 6.45) is 1.94. The fourth-order valence-corrected chi connectivity index (χ4v) is 3.78. The highest BCUT2D eigenvalue weighted by Crippen LogP contribution is 2.72. The second kappa shape index (κ2) is 2.76. The Kier molecular flexibility index (Phi) is 2.01. The summed E-state index contributed by atoms with van der Waals surface area (Å²) in [6, 6.07) is 0. The van der Waals surface area contributed by atoms with Gasteiger partial charge in [-0.25, -0.2) is 0 Å². The topological polar surface area (TPSA) is 46.5 Å². The molecule has 2 saturated carbocycles. The molecule has 0 saturated heterocycles. The van der Waals surface area contributed by atoms with Crippen LogP contribution in [0.2, 0.25) is 0 Å². The normalized spacial score (nSPS) is 46.9. The van der Waals surface area contributed by atoms with E-state index in [4.69, 9.17) is 4.74 Å². The highest BCUT2D eigenvalue weighted by Gasteiger charge is 2.72. The Morgan fingerprint density at radius 2 is 1.93 bits per heavy atom. The molecule has 3 heteroatoms. The first-order chi connectivity index (χ1) is 6.82. The minimum Gasteiger partial charge on any atom is -0.469 e. The maximum atomic E-state index is 12.0. The van der Waals surface area contributed by atoms with Crippen LogP contribution in [-0.4, -0.2) is 24.3 Å². The number of hydrogen-bond donors (Lipinski definition) is 1. The average molecular weight is 212 g/mol. The number of esters is 1. The molecule has 2 bridgehead atoms. The Morgan fingerprint density at radius 3 is 2.27 bits per heavy atom. The Balaban J connectivity index is 2.49. The summed E-state index contributed by atoms with van der Waals surface area (Å²) in [4.78, 5) is 12.0. The van der Waals surface area contributed by atoms with Gasteiger partial charge in [0, 0.05) is 0 Å². The van der Waals surface area contributed by atoms with Crippen LogP contribution in [0.5, 0.6) is 0 Å². The lowest BCUT2D eigenvalue weighted by Crippen LogP contribution is -2.41. The van der Waals surface area contributed by atoms with E-state index < -0.39 is 5.41 Å². The third-order valence-electron chi connectivity index (χ3n) is 5.55. The molecule has 2 aliphatic rings. The van der Waals surface area contributed by atoms with Crippen LogP contribution in [0.3, 0.4) is 0 Å². The van der Waals surface area contributed by atoms with Crippen LogP contribution >= 0.6 is 0 Å². The summed E-state index contributed by atoms with van der Waals surface area (Å²) in [6.45, 7) is 6.27. The van der Waals surface area contributed by atoms with E-state index in [-0.39, 0.29) is 22.9 Å². The number of rotatable bonds is 1. The lowest BCUT2D eigenvalue weighted by atomic mass is 9.65. The Hall–Kier alpha value is -0.570. The lowest BCUT2D eigenvalue weighted by Gasteiger charge is -2.39. The summed E-state index contributed by atoms with van der Waals surface area (Å²) < 4.78 is 4.93. The van der Waals surface area contributed by atoms with Gasteiger partial charge in [0.05, 0.1) is 18.6 Å². The molecule has 0 amide bonds. The SMILES string of the molecule is COC(=O)[C@@]12CC[C@@](C)([C@H](O)C1)C2(C)C. The van der Waals surface area contributed by atoms with Gasteiger partial charge in [-0.05, 0) is 30.1 Å². The lowest BCUT2D eigenvalue weighted by molar-refractivity contribution is -0.158. The van der Waals surface area contributed by atoms with Crippen LogP contribution in [-0.2, 0) is 9.53 Å². The smallest absolute Gasteiger partial charge is 0.312 e. The minimum atomic E-state index is -0.462. The molecule has 15 heavy (non-hydrogen) atoms.